The van der Waals surface area contributed by atoms with Crippen molar-refractivity contribution in [2.75, 3.05) is 0 Å². The van der Waals surface area contributed by atoms with E-state index in [1.807, 2.05) is 18.2 Å². The van der Waals surface area contributed by atoms with E-state index in [0.717, 1.165) is 29.3 Å². The molecule has 0 aliphatic carbocycles. The number of aliphatic hydroxyl groups is 1. The molecular formula is C13H18BrClO. The van der Waals surface area contributed by atoms with E-state index in [0.29, 0.717) is 10.9 Å². The zero-order valence-corrected chi connectivity index (χ0v) is 12.1. The second-order valence-electron chi connectivity index (χ2n) is 4.31. The first-order chi connectivity index (χ1) is 7.54. The average Bonchev–Trinajstić information content (AvgIpc) is 2.17. The number of benzene rings is 1. The van der Waals surface area contributed by atoms with Crippen molar-refractivity contribution < 1.29 is 5.11 Å². The van der Waals surface area contributed by atoms with E-state index in [4.69, 9.17) is 11.6 Å². The Morgan fingerprint density at radius 1 is 1.44 bits per heavy atom. The second-order valence-corrected chi connectivity index (χ2v) is 5.60. The lowest BCUT2D eigenvalue weighted by atomic mass is 9.95. The van der Waals surface area contributed by atoms with Gasteiger partial charge in [0.15, 0.2) is 0 Å². The van der Waals surface area contributed by atoms with Gasteiger partial charge in [0.1, 0.15) is 0 Å². The summed E-state index contributed by atoms with van der Waals surface area (Å²) in [6, 6.07) is 5.52. The number of halogens is 2. The number of hydrogen-bond donors (Lipinski definition) is 1. The maximum atomic E-state index is 10.1. The lowest BCUT2D eigenvalue weighted by Crippen LogP contribution is -2.05. The van der Waals surface area contributed by atoms with Gasteiger partial charge in [-0.3, -0.25) is 0 Å². The molecular weight excluding hydrogens is 287 g/mol. The minimum Gasteiger partial charge on any atom is -0.388 e. The maximum absolute atomic E-state index is 10.1. The molecule has 0 amide bonds. The van der Waals surface area contributed by atoms with Crippen molar-refractivity contribution in [2.24, 2.45) is 5.92 Å². The molecule has 0 aliphatic heterocycles. The Balaban J connectivity index is 2.69. The molecule has 0 aromatic heterocycles. The third kappa shape index (κ3) is 4.08. The quantitative estimate of drug-likeness (QED) is 0.815. The third-order valence-electron chi connectivity index (χ3n) is 2.73. The van der Waals surface area contributed by atoms with Crippen molar-refractivity contribution in [2.45, 2.75) is 39.2 Å². The van der Waals surface area contributed by atoms with Crippen LogP contribution in [-0.2, 0) is 0 Å². The van der Waals surface area contributed by atoms with Gasteiger partial charge in [-0.2, -0.15) is 0 Å². The first kappa shape index (κ1) is 14.0. The number of hydrogen-bond acceptors (Lipinski definition) is 1. The van der Waals surface area contributed by atoms with Gasteiger partial charge in [-0.25, -0.2) is 0 Å². The topological polar surface area (TPSA) is 20.2 Å². The van der Waals surface area contributed by atoms with Crippen LogP contribution in [0.2, 0.25) is 5.02 Å². The van der Waals surface area contributed by atoms with Gasteiger partial charge in [-0.05, 0) is 30.0 Å². The summed E-state index contributed by atoms with van der Waals surface area (Å²) in [6.07, 6.45) is 2.71. The Morgan fingerprint density at radius 3 is 2.69 bits per heavy atom. The van der Waals surface area contributed by atoms with Crippen LogP contribution in [0, 0.1) is 5.92 Å². The summed E-state index contributed by atoms with van der Waals surface area (Å²) in [5.41, 5.74) is 0.923. The van der Waals surface area contributed by atoms with Crippen LogP contribution in [0.4, 0.5) is 0 Å². The summed E-state index contributed by atoms with van der Waals surface area (Å²) in [7, 11) is 0. The van der Waals surface area contributed by atoms with E-state index < -0.39 is 6.10 Å². The molecule has 1 N–H and O–H groups in total. The van der Waals surface area contributed by atoms with Crippen LogP contribution in [0.1, 0.15) is 44.8 Å². The van der Waals surface area contributed by atoms with Gasteiger partial charge in [0.25, 0.3) is 0 Å². The van der Waals surface area contributed by atoms with Gasteiger partial charge >= 0.3 is 0 Å². The van der Waals surface area contributed by atoms with Gasteiger partial charge in [0, 0.05) is 9.50 Å². The highest BCUT2D eigenvalue weighted by molar-refractivity contribution is 9.10. The Labute approximate surface area is 111 Å². The summed E-state index contributed by atoms with van der Waals surface area (Å²) >= 11 is 9.30. The fourth-order valence-corrected chi connectivity index (χ4v) is 2.84. The van der Waals surface area contributed by atoms with Crippen LogP contribution < -0.4 is 0 Å². The second kappa shape index (κ2) is 6.63. The predicted molar refractivity (Wildman–Crippen MR) is 72.8 cm³/mol. The summed E-state index contributed by atoms with van der Waals surface area (Å²) in [6.45, 7) is 4.34. The Morgan fingerprint density at radius 2 is 2.12 bits per heavy atom. The van der Waals surface area contributed by atoms with E-state index >= 15 is 0 Å². The molecule has 0 spiro atoms. The highest BCUT2D eigenvalue weighted by atomic mass is 79.9. The molecule has 1 aromatic rings. The minimum absolute atomic E-state index is 0.409. The SMILES string of the molecule is CCCC(C)CC(O)c1ccc(Cl)cc1Br. The smallest absolute Gasteiger partial charge is 0.0803 e. The van der Waals surface area contributed by atoms with Gasteiger partial charge in [-0.1, -0.05) is 60.3 Å². The van der Waals surface area contributed by atoms with Crippen molar-refractivity contribution in [3.05, 3.63) is 33.3 Å². The molecule has 0 aliphatic rings. The van der Waals surface area contributed by atoms with Crippen LogP contribution in [0.3, 0.4) is 0 Å². The van der Waals surface area contributed by atoms with Gasteiger partial charge in [0.2, 0.25) is 0 Å². The molecule has 1 nitrogen and oxygen atoms in total. The fourth-order valence-electron chi connectivity index (χ4n) is 1.89. The first-order valence-electron chi connectivity index (χ1n) is 5.67. The van der Waals surface area contributed by atoms with Gasteiger partial charge < -0.3 is 5.11 Å². The maximum Gasteiger partial charge on any atom is 0.0803 e. The van der Waals surface area contributed by atoms with Crippen molar-refractivity contribution in [3.8, 4) is 0 Å². The zero-order chi connectivity index (χ0) is 12.1. The van der Waals surface area contributed by atoms with E-state index in [9.17, 15) is 5.11 Å². The summed E-state index contributed by atoms with van der Waals surface area (Å²) < 4.78 is 0.885. The molecule has 0 heterocycles. The van der Waals surface area contributed by atoms with Crippen LogP contribution in [0.25, 0.3) is 0 Å². The summed E-state index contributed by atoms with van der Waals surface area (Å²) in [5.74, 6) is 0.544. The zero-order valence-electron chi connectivity index (χ0n) is 9.71. The van der Waals surface area contributed by atoms with E-state index in [-0.39, 0.29) is 0 Å². The van der Waals surface area contributed by atoms with Crippen molar-refractivity contribution in [3.63, 3.8) is 0 Å². The molecule has 1 aromatic carbocycles. The molecule has 0 bridgehead atoms. The normalized spacial score (nSPS) is 14.8. The minimum atomic E-state index is -0.409. The number of rotatable bonds is 5. The molecule has 16 heavy (non-hydrogen) atoms. The van der Waals surface area contributed by atoms with Gasteiger partial charge in [0.05, 0.1) is 6.10 Å². The standard InChI is InChI=1S/C13H18BrClO/c1-3-4-9(2)7-13(16)11-6-5-10(15)8-12(11)14/h5-6,8-9,13,16H,3-4,7H2,1-2H3. The molecule has 2 unspecified atom stereocenters. The monoisotopic (exact) mass is 304 g/mol. The van der Waals surface area contributed by atoms with E-state index in [1.54, 1.807) is 0 Å². The van der Waals surface area contributed by atoms with E-state index in [2.05, 4.69) is 29.8 Å². The third-order valence-corrected chi connectivity index (χ3v) is 3.65. The highest BCUT2D eigenvalue weighted by Crippen LogP contribution is 2.31. The average molecular weight is 306 g/mol. The van der Waals surface area contributed by atoms with Crippen molar-refractivity contribution in [1.82, 2.24) is 0 Å². The van der Waals surface area contributed by atoms with Crippen LogP contribution in [-0.4, -0.2) is 5.11 Å². The molecule has 90 valence electrons. The molecule has 0 fully saturated rings. The fraction of sp³-hybridized carbons (Fsp3) is 0.538. The Hall–Kier alpha value is -0.0500. The molecule has 0 saturated carbocycles. The Bertz CT molecular complexity index is 341. The molecule has 3 heteroatoms. The lowest BCUT2D eigenvalue weighted by molar-refractivity contribution is 0.144. The van der Waals surface area contributed by atoms with Crippen molar-refractivity contribution >= 4 is 27.5 Å². The molecule has 0 radical (unpaired) electrons. The summed E-state index contributed by atoms with van der Waals surface area (Å²) in [4.78, 5) is 0. The van der Waals surface area contributed by atoms with Crippen molar-refractivity contribution in [1.29, 1.82) is 0 Å². The van der Waals surface area contributed by atoms with Crippen LogP contribution in [0.5, 0.6) is 0 Å². The Kier molecular flexibility index (Phi) is 5.81. The number of aliphatic hydroxyl groups excluding tert-OH is 1. The van der Waals surface area contributed by atoms with Crippen LogP contribution in [0.15, 0.2) is 22.7 Å². The first-order valence-corrected chi connectivity index (χ1v) is 6.84. The largest absolute Gasteiger partial charge is 0.388 e. The molecule has 0 saturated heterocycles. The highest BCUT2D eigenvalue weighted by Gasteiger charge is 2.14. The molecule has 1 rings (SSSR count). The van der Waals surface area contributed by atoms with Crippen LogP contribution >= 0.6 is 27.5 Å². The van der Waals surface area contributed by atoms with Gasteiger partial charge in [-0.15, -0.1) is 0 Å². The predicted octanol–water partition coefficient (Wildman–Crippen LogP) is 4.96. The molecule has 2 atom stereocenters. The summed E-state index contributed by atoms with van der Waals surface area (Å²) in [5, 5.41) is 10.8. The van der Waals surface area contributed by atoms with E-state index in [1.165, 1.54) is 0 Å². The lowest BCUT2D eigenvalue weighted by Gasteiger charge is -2.17.